The zero-order valence-electron chi connectivity index (χ0n) is 17.2. The van der Waals surface area contributed by atoms with Crippen LogP contribution in [0, 0.1) is 18.8 Å². The van der Waals surface area contributed by atoms with Gasteiger partial charge in [-0.05, 0) is 42.9 Å². The maximum absolute atomic E-state index is 12.8. The number of amides is 1. The van der Waals surface area contributed by atoms with E-state index in [-0.39, 0.29) is 11.9 Å². The van der Waals surface area contributed by atoms with E-state index < -0.39 is 10.0 Å². The van der Waals surface area contributed by atoms with Gasteiger partial charge >= 0.3 is 0 Å². The van der Waals surface area contributed by atoms with Crippen molar-refractivity contribution < 1.29 is 13.2 Å². The number of aryl methyl sites for hydroxylation is 1. The molecule has 1 N–H and O–H groups in total. The number of hydrogen-bond acceptors (Lipinski definition) is 4. The maximum Gasteiger partial charge on any atom is 0.243 e. The molecule has 2 aliphatic rings. The SMILES string of the molecule is Cc1cccc(S(=O)(=O)N2CCN(CC(=O)NC3CCCC(C)C3C)CC2)c1. The average Bonchev–Trinajstić information content (AvgIpc) is 2.66. The second-order valence-electron chi connectivity index (χ2n) is 8.44. The van der Waals surface area contributed by atoms with Crippen molar-refractivity contribution in [3.8, 4) is 0 Å². The van der Waals surface area contributed by atoms with E-state index >= 15 is 0 Å². The fourth-order valence-corrected chi connectivity index (χ4v) is 5.82. The molecule has 1 aliphatic heterocycles. The van der Waals surface area contributed by atoms with E-state index in [0.29, 0.717) is 49.5 Å². The van der Waals surface area contributed by atoms with Gasteiger partial charge in [-0.3, -0.25) is 9.69 Å². The minimum atomic E-state index is -3.47. The van der Waals surface area contributed by atoms with Gasteiger partial charge in [0.25, 0.3) is 0 Å². The Morgan fingerprint density at radius 1 is 1.14 bits per heavy atom. The number of piperazine rings is 1. The van der Waals surface area contributed by atoms with Crippen LogP contribution >= 0.6 is 0 Å². The Morgan fingerprint density at radius 2 is 1.86 bits per heavy atom. The van der Waals surface area contributed by atoms with Gasteiger partial charge in [-0.15, -0.1) is 0 Å². The van der Waals surface area contributed by atoms with E-state index in [0.717, 1.165) is 12.0 Å². The Balaban J connectivity index is 1.50. The summed E-state index contributed by atoms with van der Waals surface area (Å²) in [4.78, 5) is 14.9. The van der Waals surface area contributed by atoms with Crippen molar-refractivity contribution in [3.05, 3.63) is 29.8 Å². The molecule has 1 aliphatic carbocycles. The van der Waals surface area contributed by atoms with Crippen molar-refractivity contribution in [2.75, 3.05) is 32.7 Å². The molecule has 28 heavy (non-hydrogen) atoms. The monoisotopic (exact) mass is 407 g/mol. The highest BCUT2D eigenvalue weighted by Gasteiger charge is 2.31. The molecule has 0 aromatic heterocycles. The Hall–Kier alpha value is -1.44. The molecule has 1 heterocycles. The number of carbonyl (C=O) groups excluding carboxylic acids is 1. The summed E-state index contributed by atoms with van der Waals surface area (Å²) >= 11 is 0. The summed E-state index contributed by atoms with van der Waals surface area (Å²) in [6.45, 7) is 8.71. The van der Waals surface area contributed by atoms with Crippen LogP contribution in [0.4, 0.5) is 0 Å². The van der Waals surface area contributed by atoms with Gasteiger partial charge in [-0.1, -0.05) is 38.8 Å². The maximum atomic E-state index is 12.8. The summed E-state index contributed by atoms with van der Waals surface area (Å²) < 4.78 is 27.2. The molecular weight excluding hydrogens is 374 g/mol. The largest absolute Gasteiger partial charge is 0.352 e. The molecule has 0 bridgehead atoms. The molecule has 0 spiro atoms. The van der Waals surface area contributed by atoms with E-state index in [4.69, 9.17) is 0 Å². The fraction of sp³-hybridized carbons (Fsp3) is 0.667. The van der Waals surface area contributed by atoms with Crippen LogP contribution in [-0.2, 0) is 14.8 Å². The third-order valence-electron chi connectivity index (χ3n) is 6.38. The molecule has 3 rings (SSSR count). The van der Waals surface area contributed by atoms with Gasteiger partial charge in [0.1, 0.15) is 0 Å². The predicted octanol–water partition coefficient (Wildman–Crippen LogP) is 2.24. The van der Waals surface area contributed by atoms with Crippen molar-refractivity contribution in [2.45, 2.75) is 51.0 Å². The molecule has 1 amide bonds. The van der Waals surface area contributed by atoms with Crippen LogP contribution in [0.25, 0.3) is 0 Å². The van der Waals surface area contributed by atoms with Crippen LogP contribution in [0.15, 0.2) is 29.2 Å². The van der Waals surface area contributed by atoms with Gasteiger partial charge in [-0.2, -0.15) is 4.31 Å². The summed E-state index contributed by atoms with van der Waals surface area (Å²) in [5.41, 5.74) is 0.933. The van der Waals surface area contributed by atoms with Crippen molar-refractivity contribution in [1.29, 1.82) is 0 Å². The van der Waals surface area contributed by atoms with Gasteiger partial charge in [0.15, 0.2) is 0 Å². The first-order chi connectivity index (χ1) is 13.3. The zero-order valence-corrected chi connectivity index (χ0v) is 18.0. The van der Waals surface area contributed by atoms with E-state index in [9.17, 15) is 13.2 Å². The number of sulfonamides is 1. The normalized spacial score (nSPS) is 27.5. The fourth-order valence-electron chi connectivity index (χ4n) is 4.29. The van der Waals surface area contributed by atoms with Crippen LogP contribution in [-0.4, -0.2) is 62.3 Å². The number of nitrogens with zero attached hydrogens (tertiary/aromatic N) is 2. The van der Waals surface area contributed by atoms with E-state index in [1.165, 1.54) is 17.1 Å². The second kappa shape index (κ2) is 8.93. The number of hydrogen-bond donors (Lipinski definition) is 1. The van der Waals surface area contributed by atoms with E-state index in [1.54, 1.807) is 18.2 Å². The third-order valence-corrected chi connectivity index (χ3v) is 8.27. The van der Waals surface area contributed by atoms with Crippen LogP contribution < -0.4 is 5.32 Å². The van der Waals surface area contributed by atoms with Gasteiger partial charge in [0, 0.05) is 32.2 Å². The number of carbonyl (C=O) groups is 1. The van der Waals surface area contributed by atoms with Crippen LogP contribution in [0.5, 0.6) is 0 Å². The van der Waals surface area contributed by atoms with Crippen LogP contribution in [0.2, 0.25) is 0 Å². The Kier molecular flexibility index (Phi) is 6.78. The molecule has 3 unspecified atom stereocenters. The number of rotatable bonds is 5. The highest BCUT2D eigenvalue weighted by atomic mass is 32.2. The molecular formula is C21H33N3O3S. The minimum Gasteiger partial charge on any atom is -0.352 e. The molecule has 0 radical (unpaired) electrons. The number of benzene rings is 1. The highest BCUT2D eigenvalue weighted by Crippen LogP contribution is 2.29. The van der Waals surface area contributed by atoms with Crippen LogP contribution in [0.1, 0.15) is 38.7 Å². The smallest absolute Gasteiger partial charge is 0.243 e. The Labute approximate surface area is 169 Å². The molecule has 1 saturated heterocycles. The molecule has 1 aromatic carbocycles. The quantitative estimate of drug-likeness (QED) is 0.813. The van der Waals surface area contributed by atoms with Gasteiger partial charge in [0.2, 0.25) is 15.9 Å². The Morgan fingerprint density at radius 3 is 2.54 bits per heavy atom. The van der Waals surface area contributed by atoms with Crippen molar-refractivity contribution in [1.82, 2.24) is 14.5 Å². The summed E-state index contributed by atoms with van der Waals surface area (Å²) in [5, 5.41) is 3.21. The molecule has 1 saturated carbocycles. The van der Waals surface area contributed by atoms with Crippen molar-refractivity contribution >= 4 is 15.9 Å². The lowest BCUT2D eigenvalue weighted by Crippen LogP contribution is -2.52. The zero-order chi connectivity index (χ0) is 20.3. The molecule has 7 heteroatoms. The standard InChI is InChI=1S/C21H33N3O3S/c1-16-6-4-8-19(14-16)28(26,27)24-12-10-23(11-13-24)15-21(25)22-20-9-5-7-17(2)18(20)3/h4,6,8,14,17-18,20H,5,7,9-13,15H2,1-3H3,(H,22,25). The van der Waals surface area contributed by atoms with E-state index in [1.807, 2.05) is 13.0 Å². The van der Waals surface area contributed by atoms with E-state index in [2.05, 4.69) is 24.1 Å². The summed E-state index contributed by atoms with van der Waals surface area (Å²) in [6, 6.07) is 7.29. The topological polar surface area (TPSA) is 69.7 Å². The van der Waals surface area contributed by atoms with Crippen LogP contribution in [0.3, 0.4) is 0 Å². The highest BCUT2D eigenvalue weighted by molar-refractivity contribution is 7.89. The lowest BCUT2D eigenvalue weighted by atomic mass is 9.78. The lowest BCUT2D eigenvalue weighted by molar-refractivity contribution is -0.124. The first kappa shape index (κ1) is 21.3. The number of nitrogens with one attached hydrogen (secondary N) is 1. The molecule has 3 atom stereocenters. The molecule has 6 nitrogen and oxygen atoms in total. The third kappa shape index (κ3) is 4.93. The molecule has 1 aromatic rings. The van der Waals surface area contributed by atoms with Gasteiger partial charge < -0.3 is 5.32 Å². The summed E-state index contributed by atoms with van der Waals surface area (Å²) in [7, 11) is -3.47. The minimum absolute atomic E-state index is 0.0564. The lowest BCUT2D eigenvalue weighted by Gasteiger charge is -2.36. The first-order valence-electron chi connectivity index (χ1n) is 10.4. The molecule has 2 fully saturated rings. The van der Waals surface area contributed by atoms with Crippen molar-refractivity contribution in [3.63, 3.8) is 0 Å². The molecule has 156 valence electrons. The van der Waals surface area contributed by atoms with Gasteiger partial charge in [-0.25, -0.2) is 8.42 Å². The average molecular weight is 408 g/mol. The first-order valence-corrected chi connectivity index (χ1v) is 11.8. The Bertz CT molecular complexity index is 788. The second-order valence-corrected chi connectivity index (χ2v) is 10.4. The summed E-state index contributed by atoms with van der Waals surface area (Å²) in [6.07, 6.45) is 3.47. The summed E-state index contributed by atoms with van der Waals surface area (Å²) in [5.74, 6) is 1.21. The van der Waals surface area contributed by atoms with Gasteiger partial charge in [0.05, 0.1) is 11.4 Å². The predicted molar refractivity (Wildman–Crippen MR) is 110 cm³/mol. The van der Waals surface area contributed by atoms with Crippen molar-refractivity contribution in [2.24, 2.45) is 11.8 Å².